The third kappa shape index (κ3) is 13.1. The molecule has 132 valence electrons. The molecule has 0 spiro atoms. The third-order valence-corrected chi connectivity index (χ3v) is 3.72. The molecule has 0 aliphatic rings. The van der Waals surface area contributed by atoms with E-state index in [0.717, 1.165) is 12.8 Å². The van der Waals surface area contributed by atoms with Crippen molar-refractivity contribution >= 4 is 18.4 Å². The highest BCUT2D eigenvalue weighted by Gasteiger charge is 2.16. The fraction of sp³-hybridized carbons (Fsp3) is 0.833. The Labute approximate surface area is 143 Å². The smallest absolute Gasteiger partial charge is 0.334 e. The van der Waals surface area contributed by atoms with E-state index in [4.69, 9.17) is 4.74 Å². The molecular formula is C18H36ClNO2. The van der Waals surface area contributed by atoms with Gasteiger partial charge in [-0.05, 0) is 33.9 Å². The molecule has 22 heavy (non-hydrogen) atoms. The summed E-state index contributed by atoms with van der Waals surface area (Å²) in [6.45, 7) is 7.57. The average Bonchev–Trinajstić information content (AvgIpc) is 2.43. The molecule has 4 heteroatoms. The van der Waals surface area contributed by atoms with Gasteiger partial charge in [-0.15, -0.1) is 12.4 Å². The monoisotopic (exact) mass is 333 g/mol. The normalized spacial score (nSPS) is 11.9. The SMILES string of the molecule is C=C(C)C(=O)OC(CCCCCCCCCCC)N(C)C.Cl. The van der Waals surface area contributed by atoms with E-state index in [2.05, 4.69) is 13.5 Å². The first kappa shape index (κ1) is 23.7. The Kier molecular flexibility index (Phi) is 16.6. The van der Waals surface area contributed by atoms with Crippen molar-refractivity contribution in [1.29, 1.82) is 0 Å². The molecule has 0 N–H and O–H groups in total. The number of hydrogen-bond donors (Lipinski definition) is 0. The van der Waals surface area contributed by atoms with Crippen LogP contribution in [0.3, 0.4) is 0 Å². The highest BCUT2D eigenvalue weighted by Crippen LogP contribution is 2.14. The molecule has 3 nitrogen and oxygen atoms in total. The van der Waals surface area contributed by atoms with Gasteiger partial charge in [0.2, 0.25) is 0 Å². The van der Waals surface area contributed by atoms with Crippen LogP contribution < -0.4 is 0 Å². The molecule has 0 bridgehead atoms. The zero-order valence-electron chi connectivity index (χ0n) is 15.0. The first-order chi connectivity index (χ1) is 9.99. The van der Waals surface area contributed by atoms with Crippen molar-refractivity contribution in [3.63, 3.8) is 0 Å². The van der Waals surface area contributed by atoms with Gasteiger partial charge in [-0.3, -0.25) is 4.90 Å². The first-order valence-electron chi connectivity index (χ1n) is 8.52. The summed E-state index contributed by atoms with van der Waals surface area (Å²) in [6, 6.07) is 0. The van der Waals surface area contributed by atoms with Crippen LogP contribution in [0.1, 0.15) is 78.1 Å². The summed E-state index contributed by atoms with van der Waals surface area (Å²) in [6.07, 6.45) is 12.6. The molecule has 0 aliphatic heterocycles. The highest BCUT2D eigenvalue weighted by molar-refractivity contribution is 5.87. The molecular weight excluding hydrogens is 298 g/mol. The minimum absolute atomic E-state index is 0. The zero-order valence-corrected chi connectivity index (χ0v) is 15.8. The van der Waals surface area contributed by atoms with Crippen LogP contribution in [0.4, 0.5) is 0 Å². The summed E-state index contributed by atoms with van der Waals surface area (Å²) in [7, 11) is 3.90. The second kappa shape index (κ2) is 15.4. The molecule has 1 atom stereocenters. The van der Waals surface area contributed by atoms with Crippen molar-refractivity contribution in [3.8, 4) is 0 Å². The van der Waals surface area contributed by atoms with Crippen LogP contribution in [0.25, 0.3) is 0 Å². The van der Waals surface area contributed by atoms with Gasteiger partial charge in [0.25, 0.3) is 0 Å². The maximum Gasteiger partial charge on any atom is 0.334 e. The fourth-order valence-corrected chi connectivity index (χ4v) is 2.28. The van der Waals surface area contributed by atoms with E-state index in [1.165, 1.54) is 51.4 Å². The fourth-order valence-electron chi connectivity index (χ4n) is 2.28. The number of carbonyl (C=O) groups excluding carboxylic acids is 1. The maximum atomic E-state index is 11.6. The van der Waals surface area contributed by atoms with E-state index >= 15 is 0 Å². The molecule has 0 aromatic heterocycles. The van der Waals surface area contributed by atoms with E-state index < -0.39 is 0 Å². The predicted octanol–water partition coefficient (Wildman–Crippen LogP) is 5.34. The first-order valence-corrected chi connectivity index (χ1v) is 8.52. The number of esters is 1. The zero-order chi connectivity index (χ0) is 16.1. The van der Waals surface area contributed by atoms with Crippen LogP contribution in [0, 0.1) is 0 Å². The van der Waals surface area contributed by atoms with Gasteiger partial charge in [0.05, 0.1) is 0 Å². The minimum atomic E-state index is -0.287. The van der Waals surface area contributed by atoms with Crippen LogP contribution in [-0.4, -0.2) is 31.2 Å². The maximum absolute atomic E-state index is 11.6. The minimum Gasteiger partial charge on any atom is -0.443 e. The quantitative estimate of drug-likeness (QED) is 0.197. The highest BCUT2D eigenvalue weighted by atomic mass is 35.5. The van der Waals surface area contributed by atoms with Crippen molar-refractivity contribution in [1.82, 2.24) is 4.90 Å². The molecule has 0 amide bonds. The number of ether oxygens (including phenoxy) is 1. The Morgan fingerprint density at radius 1 is 1.00 bits per heavy atom. The van der Waals surface area contributed by atoms with Gasteiger partial charge in [-0.2, -0.15) is 0 Å². The second-order valence-electron chi connectivity index (χ2n) is 6.22. The van der Waals surface area contributed by atoms with Gasteiger partial charge in [-0.25, -0.2) is 4.79 Å². The summed E-state index contributed by atoms with van der Waals surface area (Å²) in [5.41, 5.74) is 0.467. The van der Waals surface area contributed by atoms with Gasteiger partial charge < -0.3 is 4.74 Å². The van der Waals surface area contributed by atoms with Crippen molar-refractivity contribution in [2.45, 2.75) is 84.3 Å². The summed E-state index contributed by atoms with van der Waals surface area (Å²) in [5.74, 6) is -0.287. The lowest BCUT2D eigenvalue weighted by Gasteiger charge is -2.24. The lowest BCUT2D eigenvalue weighted by molar-refractivity contribution is -0.152. The molecule has 0 saturated heterocycles. The summed E-state index contributed by atoms with van der Waals surface area (Å²) in [4.78, 5) is 13.5. The Hall–Kier alpha value is -0.540. The second-order valence-corrected chi connectivity index (χ2v) is 6.22. The molecule has 0 heterocycles. The molecule has 0 saturated carbocycles. The Balaban J connectivity index is 0. The molecule has 1 unspecified atom stereocenters. The largest absolute Gasteiger partial charge is 0.443 e. The van der Waals surface area contributed by atoms with Gasteiger partial charge in [0, 0.05) is 5.57 Å². The van der Waals surface area contributed by atoms with Gasteiger partial charge in [-0.1, -0.05) is 64.9 Å². The van der Waals surface area contributed by atoms with Crippen LogP contribution in [0.15, 0.2) is 12.2 Å². The Bertz CT molecular complexity index is 293. The van der Waals surface area contributed by atoms with Crippen LogP contribution >= 0.6 is 12.4 Å². The lowest BCUT2D eigenvalue weighted by atomic mass is 10.1. The molecule has 0 fully saturated rings. The number of nitrogens with zero attached hydrogens (tertiary/aromatic N) is 1. The Morgan fingerprint density at radius 3 is 1.86 bits per heavy atom. The molecule has 0 aromatic rings. The van der Waals surface area contributed by atoms with E-state index in [-0.39, 0.29) is 24.6 Å². The van der Waals surface area contributed by atoms with Gasteiger partial charge in [0.15, 0.2) is 6.23 Å². The van der Waals surface area contributed by atoms with Crippen LogP contribution in [0.2, 0.25) is 0 Å². The number of carbonyl (C=O) groups is 1. The van der Waals surface area contributed by atoms with Gasteiger partial charge in [0.1, 0.15) is 0 Å². The molecule has 0 rings (SSSR count). The van der Waals surface area contributed by atoms with Crippen molar-refractivity contribution in [2.75, 3.05) is 14.1 Å². The third-order valence-electron chi connectivity index (χ3n) is 3.72. The number of halogens is 1. The summed E-state index contributed by atoms with van der Waals surface area (Å²) < 4.78 is 5.43. The average molecular weight is 334 g/mol. The number of rotatable bonds is 13. The van der Waals surface area contributed by atoms with Gasteiger partial charge >= 0.3 is 5.97 Å². The molecule has 0 radical (unpaired) electrons. The van der Waals surface area contributed by atoms with E-state index in [1.807, 2.05) is 19.0 Å². The summed E-state index contributed by atoms with van der Waals surface area (Å²) in [5, 5.41) is 0. The van der Waals surface area contributed by atoms with Crippen LogP contribution in [-0.2, 0) is 9.53 Å². The number of hydrogen-bond acceptors (Lipinski definition) is 3. The van der Waals surface area contributed by atoms with E-state index in [0.29, 0.717) is 5.57 Å². The Morgan fingerprint density at radius 2 is 1.45 bits per heavy atom. The molecule has 0 aromatic carbocycles. The van der Waals surface area contributed by atoms with E-state index in [1.54, 1.807) is 6.92 Å². The van der Waals surface area contributed by atoms with Crippen molar-refractivity contribution in [2.24, 2.45) is 0 Å². The lowest BCUT2D eigenvalue weighted by Crippen LogP contribution is -2.33. The number of unbranched alkanes of at least 4 members (excludes halogenated alkanes) is 8. The van der Waals surface area contributed by atoms with Crippen molar-refractivity contribution < 1.29 is 9.53 Å². The van der Waals surface area contributed by atoms with Crippen LogP contribution in [0.5, 0.6) is 0 Å². The standard InChI is InChI=1S/C18H35NO2.ClH/c1-6-7-8-9-10-11-12-13-14-15-17(19(4)5)21-18(20)16(2)3;/h17H,2,6-15H2,1,3-5H3;1H. The predicted molar refractivity (Wildman–Crippen MR) is 97.5 cm³/mol. The van der Waals surface area contributed by atoms with E-state index in [9.17, 15) is 4.79 Å². The molecule has 0 aliphatic carbocycles. The van der Waals surface area contributed by atoms with Crippen molar-refractivity contribution in [3.05, 3.63) is 12.2 Å². The topological polar surface area (TPSA) is 29.5 Å². The summed E-state index contributed by atoms with van der Waals surface area (Å²) >= 11 is 0.